The molecule has 0 spiro atoms. The second kappa shape index (κ2) is 61.4. The van der Waals surface area contributed by atoms with E-state index in [1.54, 1.807) is 112 Å². The molecule has 40 nitrogen and oxygen atoms in total. The number of carbonyl (C=O) groups excluding carboxylic acids is 13. The molecule has 22 N–H and O–H groups in total. The molecule has 130 heavy (non-hydrogen) atoms. The van der Waals surface area contributed by atoms with Crippen molar-refractivity contribution in [3.8, 4) is 0 Å². The van der Waals surface area contributed by atoms with E-state index in [-0.39, 0.29) is 147 Å². The van der Waals surface area contributed by atoms with Gasteiger partial charge in [-0.2, -0.15) is 0 Å². The van der Waals surface area contributed by atoms with E-state index < -0.39 is 188 Å². The molecular formula is C88H134N18O22S2. The van der Waals surface area contributed by atoms with Crippen molar-refractivity contribution in [2.24, 2.45) is 23.3 Å². The van der Waals surface area contributed by atoms with Crippen molar-refractivity contribution in [2.45, 2.75) is 216 Å². The van der Waals surface area contributed by atoms with Crippen LogP contribution in [0.15, 0.2) is 104 Å². The van der Waals surface area contributed by atoms with Crippen molar-refractivity contribution in [1.82, 2.24) is 84.0 Å². The summed E-state index contributed by atoms with van der Waals surface area (Å²) in [6.07, 6.45) is 3.15. The standard InChI is InChI=1S/C88H134N18O22S2/c1-5-57(4)78-87(123)101-63(27-17-19-34-92-74(112)51-127-43-42-126-40-36-94-75(113)52-128-44-41-125-39-35-93-70(108)29-16-9-18-33-89)81(117)97-61(46-58-21-10-6-11-22-58)48-71(109)95-50-73(111)99-67(80(90)116)53-129-130-54-68(85(121)104-78)103-86(122)69-28-20-37-106(69)88(124)79(77(59-23-12-7-13-24-59)60-25-14-8-15-26-60)105-84(120)66(47-62-49-91-55-96-62)102-83(119)65(32-38-107)100-82(118)64(30-31-76(114)115)98-72(110)45-56(2)3/h6-8,10-15,21-26,49,55-57,61,63-70,77-79,87,93,101,107-108,123H,5,9,16-20,27-48,50-54,89H2,1-4H3,(H2,90,116)(H,91,96)(H,92,112)(H,94,113)(H,95,109)(H,97,117)(H,98,110)(H,99,111)(H,100,118)(H,102,119)(H,103,122)(H,104,121)(H,105,120)(H,114,115)/t57-,61-,63-,64-,65-,66-,67-,68-,69-,70?,78-,79-,87?/m0/s1. The number of aromatic nitrogens is 2. The zero-order chi connectivity index (χ0) is 94.5. The van der Waals surface area contributed by atoms with Crippen molar-refractivity contribution in [2.75, 3.05) is 110 Å². The number of rotatable bonds is 54. The third kappa shape index (κ3) is 41.5. The van der Waals surface area contributed by atoms with Crippen LogP contribution in [0.2, 0.25) is 0 Å². The van der Waals surface area contributed by atoms with Gasteiger partial charge in [-0.05, 0) is 106 Å². The van der Waals surface area contributed by atoms with Crippen LogP contribution in [0.5, 0.6) is 0 Å². The van der Waals surface area contributed by atoms with E-state index in [2.05, 4.69) is 79.1 Å². The van der Waals surface area contributed by atoms with E-state index >= 15 is 19.2 Å². The summed E-state index contributed by atoms with van der Waals surface area (Å²) in [6, 6.07) is 12.6. The number of benzene rings is 3. The average molecular weight is 1860 g/mol. The van der Waals surface area contributed by atoms with Crippen LogP contribution in [0, 0.1) is 11.8 Å². The Morgan fingerprint density at radius 3 is 1.89 bits per heavy atom. The van der Waals surface area contributed by atoms with Crippen molar-refractivity contribution in [1.29, 1.82) is 0 Å². The topological polar surface area (TPSA) is 597 Å². The van der Waals surface area contributed by atoms with Gasteiger partial charge in [0.25, 0.3) is 0 Å². The quantitative estimate of drug-likeness (QED) is 0.0140. The van der Waals surface area contributed by atoms with Crippen LogP contribution in [0.1, 0.15) is 152 Å². The molecule has 2 aliphatic rings. The monoisotopic (exact) mass is 1860 g/mol. The molecule has 0 bridgehead atoms. The van der Waals surface area contributed by atoms with Gasteiger partial charge in [-0.1, -0.05) is 153 Å². The predicted molar refractivity (Wildman–Crippen MR) is 484 cm³/mol. The normalized spacial score (nSPS) is 19.4. The van der Waals surface area contributed by atoms with Crippen LogP contribution < -0.4 is 80.6 Å². The number of imidazole rings is 1. The third-order valence-electron chi connectivity index (χ3n) is 21.4. The number of aliphatic hydroxyl groups excluding tert-OH is 3. The molecule has 2 unspecified atom stereocenters. The highest BCUT2D eigenvalue weighted by Gasteiger charge is 2.45. The van der Waals surface area contributed by atoms with Crippen LogP contribution in [-0.2, 0) is 98.9 Å². The summed E-state index contributed by atoms with van der Waals surface area (Å²) in [5.74, 6) is -13.1. The summed E-state index contributed by atoms with van der Waals surface area (Å²) in [5, 5.41) is 78.4. The first kappa shape index (κ1) is 109. The van der Waals surface area contributed by atoms with Gasteiger partial charge in [0.1, 0.15) is 68.0 Å². The highest BCUT2D eigenvalue weighted by Crippen LogP contribution is 2.32. The number of nitrogens with two attached hydrogens (primary N) is 2. The molecular weight excluding hydrogens is 1730 g/mol. The number of primary amides is 1. The number of H-pyrrole nitrogens is 1. The number of ether oxygens (including phenoxy) is 4. The van der Waals surface area contributed by atoms with E-state index in [1.807, 2.05) is 6.92 Å². The van der Waals surface area contributed by atoms with E-state index in [0.717, 1.165) is 46.4 Å². The highest BCUT2D eigenvalue weighted by molar-refractivity contribution is 8.76. The van der Waals surface area contributed by atoms with Gasteiger partial charge in [0.05, 0.1) is 64.6 Å². The summed E-state index contributed by atoms with van der Waals surface area (Å²) in [4.78, 5) is 204. The Hall–Kier alpha value is -10.2. The molecule has 2 fully saturated rings. The first-order chi connectivity index (χ1) is 62.6. The number of hydrogen-bond donors (Lipinski definition) is 20. The fourth-order valence-corrected chi connectivity index (χ4v) is 16.7. The van der Waals surface area contributed by atoms with Gasteiger partial charge in [0, 0.05) is 93.8 Å². The molecule has 3 aromatic carbocycles. The van der Waals surface area contributed by atoms with E-state index in [4.69, 9.17) is 30.4 Å². The second-order valence-electron chi connectivity index (χ2n) is 32.3. The molecule has 0 aliphatic carbocycles. The zero-order valence-corrected chi connectivity index (χ0v) is 76.2. The molecule has 0 radical (unpaired) electrons. The van der Waals surface area contributed by atoms with Crippen LogP contribution >= 0.6 is 21.6 Å². The smallest absolute Gasteiger partial charge is 0.303 e. The van der Waals surface area contributed by atoms with Gasteiger partial charge >= 0.3 is 5.97 Å². The van der Waals surface area contributed by atoms with Gasteiger partial charge in [-0.3, -0.25) is 77.8 Å². The zero-order valence-electron chi connectivity index (χ0n) is 74.5. The highest BCUT2D eigenvalue weighted by atomic mass is 33.1. The van der Waals surface area contributed by atoms with E-state index in [9.17, 15) is 68.4 Å². The molecule has 2 saturated heterocycles. The fraction of sp³-hybridized carbons (Fsp3) is 0.602. The number of aliphatic hydroxyl groups is 3. The van der Waals surface area contributed by atoms with Gasteiger partial charge in [-0.25, -0.2) is 4.98 Å². The maximum absolute atomic E-state index is 16.1. The number of carboxylic acid groups (broad SMARTS) is 1. The van der Waals surface area contributed by atoms with Crippen LogP contribution in [-0.4, -0.2) is 301 Å². The molecule has 720 valence electrons. The molecule has 1 aromatic heterocycles. The van der Waals surface area contributed by atoms with Crippen molar-refractivity contribution < 1.29 is 106 Å². The molecule has 13 atom stereocenters. The van der Waals surface area contributed by atoms with Crippen molar-refractivity contribution in [3.05, 3.63) is 126 Å². The Bertz CT molecular complexity index is 4080. The number of nitrogens with one attached hydrogen (secondary N) is 14. The van der Waals surface area contributed by atoms with Crippen LogP contribution in [0.25, 0.3) is 0 Å². The Balaban J connectivity index is 1.20. The Kier molecular flexibility index (Phi) is 51.3. The minimum absolute atomic E-state index is 0.00999. The first-order valence-corrected chi connectivity index (χ1v) is 46.9. The number of carbonyl (C=O) groups is 14. The lowest BCUT2D eigenvalue weighted by atomic mass is 9.84. The minimum Gasteiger partial charge on any atom is -0.481 e. The van der Waals surface area contributed by atoms with Crippen molar-refractivity contribution in [3.63, 3.8) is 0 Å². The molecule has 0 saturated carbocycles. The molecule has 3 heterocycles. The SMILES string of the molecule is CC[C@H](C)[C@@H]1NC(=O)[C@@H](NC(=O)[C@@H]2CCCN2C(=O)[C@@H](NC(=O)[C@H](Cc2cnc[nH]2)NC(=O)[C@H](CCO)NC(=O)[C@H](CCC(=O)O)NC(=O)CC(C)C)C(c2ccccc2)c2ccccc2)CSSC[C@@H](C(N)=O)NC(=O)CNC(=O)C[C@H](Cc2ccccc2)NC(=O)[C@H](CCCCNC(=O)COCCOCCNC(=O)COCCOCCNC(O)CCCCCN)NC1O. The van der Waals surface area contributed by atoms with Gasteiger partial charge in [-0.15, -0.1) is 0 Å². The molecule has 2 aliphatic heterocycles. The number of aromatic amines is 1. The average Bonchev–Trinajstić information content (AvgIpc) is 1.43. The number of likely N-dealkylation sites (tertiary alicyclic amines) is 1. The molecule has 4 aromatic rings. The molecule has 6 rings (SSSR count). The lowest BCUT2D eigenvalue weighted by molar-refractivity contribution is -0.142. The van der Waals surface area contributed by atoms with Gasteiger partial charge in [0.2, 0.25) is 76.8 Å². The molecule has 13 amide bonds. The minimum atomic E-state index is -1.71. The second-order valence-corrected chi connectivity index (χ2v) is 34.8. The number of amides is 13. The summed E-state index contributed by atoms with van der Waals surface area (Å²) < 4.78 is 21.9. The summed E-state index contributed by atoms with van der Waals surface area (Å²) in [7, 11) is 2.01. The maximum atomic E-state index is 16.1. The van der Waals surface area contributed by atoms with E-state index in [1.165, 1.54) is 17.4 Å². The number of unbranched alkanes of at least 4 members (excludes halogenated alkanes) is 3. The number of aliphatic carboxylic acids is 1. The molecule has 42 heteroatoms. The van der Waals surface area contributed by atoms with E-state index in [0.29, 0.717) is 55.8 Å². The van der Waals surface area contributed by atoms with Crippen molar-refractivity contribution >= 4 is 104 Å². The summed E-state index contributed by atoms with van der Waals surface area (Å²) in [5.41, 5.74) is 13.4. The number of hydrogen-bond acceptors (Lipinski definition) is 27. The predicted octanol–water partition coefficient (Wildman–Crippen LogP) is -1.20. The fourth-order valence-electron chi connectivity index (χ4n) is 14.4. The lowest BCUT2D eigenvalue weighted by Gasteiger charge is -2.35. The Morgan fingerprint density at radius 2 is 1.28 bits per heavy atom. The first-order valence-electron chi connectivity index (χ1n) is 44.4. The van der Waals surface area contributed by atoms with Crippen LogP contribution in [0.4, 0.5) is 0 Å². The third-order valence-corrected chi connectivity index (χ3v) is 23.9. The largest absolute Gasteiger partial charge is 0.481 e. The number of nitrogens with zero attached hydrogens (tertiary/aromatic N) is 2. The van der Waals surface area contributed by atoms with Gasteiger partial charge in [0.15, 0.2) is 0 Å². The summed E-state index contributed by atoms with van der Waals surface area (Å²) in [6.45, 7) is 7.86. The van der Waals surface area contributed by atoms with Crippen LogP contribution in [0.3, 0.4) is 0 Å². The number of carboxylic acids is 1. The Labute approximate surface area is 766 Å². The maximum Gasteiger partial charge on any atom is 0.303 e. The van der Waals surface area contributed by atoms with Gasteiger partial charge < -0.3 is 119 Å². The summed E-state index contributed by atoms with van der Waals surface area (Å²) >= 11 is 0. The Morgan fingerprint density at radius 1 is 0.662 bits per heavy atom. The lowest BCUT2D eigenvalue weighted by Crippen LogP contribution is -2.62.